The van der Waals surface area contributed by atoms with E-state index in [0.717, 1.165) is 4.90 Å². The van der Waals surface area contributed by atoms with Gasteiger partial charge in [-0.15, -0.1) is 0 Å². The van der Waals surface area contributed by atoms with Crippen molar-refractivity contribution >= 4 is 17.8 Å². The summed E-state index contributed by atoms with van der Waals surface area (Å²) in [6.45, 7) is 1.44. The second-order valence-corrected chi connectivity index (χ2v) is 4.73. The average molecular weight is 285 g/mol. The van der Waals surface area contributed by atoms with E-state index in [-0.39, 0.29) is 23.6 Å². The molecule has 0 saturated carbocycles. The Morgan fingerprint density at radius 1 is 1.19 bits per heavy atom. The van der Waals surface area contributed by atoms with Crippen molar-refractivity contribution in [3.8, 4) is 0 Å². The third-order valence-electron chi connectivity index (χ3n) is 3.39. The van der Waals surface area contributed by atoms with Crippen LogP contribution in [0.25, 0.3) is 0 Å². The molecular formula is C15H11NO5. The number of aryl methyl sites for hydroxylation is 1. The Morgan fingerprint density at radius 3 is 2.24 bits per heavy atom. The Bertz CT molecular complexity index is 739. The van der Waals surface area contributed by atoms with Crippen molar-refractivity contribution in [1.82, 2.24) is 4.90 Å². The van der Waals surface area contributed by atoms with Gasteiger partial charge in [0.05, 0.1) is 17.7 Å². The summed E-state index contributed by atoms with van der Waals surface area (Å²) >= 11 is 0. The molecule has 106 valence electrons. The van der Waals surface area contributed by atoms with Gasteiger partial charge in [0.25, 0.3) is 11.8 Å². The van der Waals surface area contributed by atoms with Crippen LogP contribution in [0, 0.1) is 6.92 Å². The minimum Gasteiger partial charge on any atom is -0.478 e. The van der Waals surface area contributed by atoms with Crippen molar-refractivity contribution in [1.29, 1.82) is 0 Å². The van der Waals surface area contributed by atoms with E-state index in [0.29, 0.717) is 11.1 Å². The van der Waals surface area contributed by atoms with Gasteiger partial charge in [0.15, 0.2) is 0 Å². The van der Waals surface area contributed by atoms with Gasteiger partial charge < -0.3 is 9.52 Å². The van der Waals surface area contributed by atoms with Gasteiger partial charge in [-0.3, -0.25) is 14.5 Å². The number of carboxylic acid groups (broad SMARTS) is 1. The molecule has 0 aliphatic carbocycles. The van der Waals surface area contributed by atoms with E-state index in [1.807, 2.05) is 0 Å². The SMILES string of the molecule is Cc1oc(CN2C(=O)c3ccccc3C2=O)cc1C(=O)O. The molecule has 1 N–H and O–H groups in total. The van der Waals surface area contributed by atoms with Gasteiger partial charge in [-0.05, 0) is 25.1 Å². The number of rotatable bonds is 3. The second-order valence-electron chi connectivity index (χ2n) is 4.73. The first-order valence-electron chi connectivity index (χ1n) is 6.27. The molecule has 0 unspecified atom stereocenters. The highest BCUT2D eigenvalue weighted by Gasteiger charge is 2.35. The van der Waals surface area contributed by atoms with E-state index >= 15 is 0 Å². The van der Waals surface area contributed by atoms with Gasteiger partial charge in [-0.2, -0.15) is 0 Å². The van der Waals surface area contributed by atoms with Crippen LogP contribution in [0.2, 0.25) is 0 Å². The molecule has 0 saturated heterocycles. The number of carbonyl (C=O) groups excluding carboxylic acids is 2. The molecule has 2 heterocycles. The fourth-order valence-corrected chi connectivity index (χ4v) is 2.37. The number of hydrogen-bond acceptors (Lipinski definition) is 4. The molecule has 6 heteroatoms. The zero-order valence-corrected chi connectivity index (χ0v) is 11.1. The predicted molar refractivity (Wildman–Crippen MR) is 71.1 cm³/mol. The molecule has 2 aromatic rings. The molecular weight excluding hydrogens is 274 g/mol. The summed E-state index contributed by atoms with van der Waals surface area (Å²) in [4.78, 5) is 36.4. The van der Waals surface area contributed by atoms with Crippen LogP contribution < -0.4 is 0 Å². The van der Waals surface area contributed by atoms with Crippen molar-refractivity contribution in [2.24, 2.45) is 0 Å². The number of carboxylic acids is 1. The molecule has 3 rings (SSSR count). The van der Waals surface area contributed by atoms with Gasteiger partial charge in [0, 0.05) is 0 Å². The maximum absolute atomic E-state index is 12.2. The van der Waals surface area contributed by atoms with Crippen LogP contribution in [0.3, 0.4) is 0 Å². The number of imide groups is 1. The van der Waals surface area contributed by atoms with Crippen LogP contribution >= 0.6 is 0 Å². The third-order valence-corrected chi connectivity index (χ3v) is 3.39. The summed E-state index contributed by atoms with van der Waals surface area (Å²) in [6.07, 6.45) is 0. The smallest absolute Gasteiger partial charge is 0.339 e. The molecule has 0 radical (unpaired) electrons. The van der Waals surface area contributed by atoms with Crippen molar-refractivity contribution in [3.05, 3.63) is 58.5 Å². The van der Waals surface area contributed by atoms with Crippen molar-refractivity contribution < 1.29 is 23.9 Å². The van der Waals surface area contributed by atoms with Gasteiger partial charge in [0.1, 0.15) is 17.1 Å². The number of nitrogens with zero attached hydrogens (tertiary/aromatic N) is 1. The standard InChI is InChI=1S/C15H11NO5/c1-8-12(15(19)20)6-9(21-8)7-16-13(17)10-4-2-3-5-11(10)14(16)18/h2-6H,7H2,1H3,(H,19,20). The number of aromatic carboxylic acids is 1. The minimum atomic E-state index is -1.11. The number of furan rings is 1. The van der Waals surface area contributed by atoms with Crippen LogP contribution in [0.1, 0.15) is 42.6 Å². The molecule has 2 amide bonds. The topological polar surface area (TPSA) is 87.8 Å². The highest BCUT2D eigenvalue weighted by molar-refractivity contribution is 6.21. The van der Waals surface area contributed by atoms with E-state index in [2.05, 4.69) is 0 Å². The maximum atomic E-state index is 12.2. The monoisotopic (exact) mass is 285 g/mol. The summed E-state index contributed by atoms with van der Waals surface area (Å²) in [6, 6.07) is 7.89. The molecule has 1 aliphatic heterocycles. The summed E-state index contributed by atoms with van der Waals surface area (Å²) < 4.78 is 5.31. The Kier molecular flexibility index (Phi) is 2.86. The molecule has 0 bridgehead atoms. The highest BCUT2D eigenvalue weighted by atomic mass is 16.4. The van der Waals surface area contributed by atoms with Crippen LogP contribution in [0.4, 0.5) is 0 Å². The third kappa shape index (κ3) is 2.01. The first kappa shape index (κ1) is 13.1. The van der Waals surface area contributed by atoms with Crippen LogP contribution in [-0.2, 0) is 6.54 Å². The Balaban J connectivity index is 1.90. The summed E-state index contributed by atoms with van der Waals surface area (Å²) in [5.74, 6) is -1.40. The highest BCUT2D eigenvalue weighted by Crippen LogP contribution is 2.25. The number of amides is 2. The van der Waals surface area contributed by atoms with Gasteiger partial charge >= 0.3 is 5.97 Å². The fourth-order valence-electron chi connectivity index (χ4n) is 2.37. The maximum Gasteiger partial charge on any atom is 0.339 e. The lowest BCUT2D eigenvalue weighted by Crippen LogP contribution is -2.28. The van der Waals surface area contributed by atoms with Crippen LogP contribution in [-0.4, -0.2) is 27.8 Å². The van der Waals surface area contributed by atoms with E-state index in [1.54, 1.807) is 24.3 Å². The lowest BCUT2D eigenvalue weighted by atomic mass is 10.1. The largest absolute Gasteiger partial charge is 0.478 e. The zero-order chi connectivity index (χ0) is 15.1. The van der Waals surface area contributed by atoms with Gasteiger partial charge in [-0.25, -0.2) is 4.79 Å². The van der Waals surface area contributed by atoms with Crippen molar-refractivity contribution in [2.75, 3.05) is 0 Å². The lowest BCUT2D eigenvalue weighted by molar-refractivity contribution is 0.0628. The summed E-state index contributed by atoms with van der Waals surface area (Å²) in [5.41, 5.74) is 0.732. The molecule has 1 aromatic heterocycles. The van der Waals surface area contributed by atoms with Crippen molar-refractivity contribution in [2.45, 2.75) is 13.5 Å². The molecule has 1 aromatic carbocycles. The summed E-state index contributed by atoms with van der Waals surface area (Å²) in [7, 11) is 0. The van der Waals surface area contributed by atoms with Crippen molar-refractivity contribution in [3.63, 3.8) is 0 Å². The quantitative estimate of drug-likeness (QED) is 0.872. The number of carbonyl (C=O) groups is 3. The van der Waals surface area contributed by atoms with Crippen LogP contribution in [0.5, 0.6) is 0 Å². The molecule has 0 spiro atoms. The van der Waals surface area contributed by atoms with Gasteiger partial charge in [-0.1, -0.05) is 12.1 Å². The molecule has 6 nitrogen and oxygen atoms in total. The minimum absolute atomic E-state index is 0.0293. The normalized spacial score (nSPS) is 13.7. The van der Waals surface area contributed by atoms with Crippen LogP contribution in [0.15, 0.2) is 34.7 Å². The Morgan fingerprint density at radius 2 is 1.76 bits per heavy atom. The number of benzene rings is 1. The van der Waals surface area contributed by atoms with E-state index in [9.17, 15) is 14.4 Å². The number of hydrogen-bond donors (Lipinski definition) is 1. The Labute approximate surface area is 119 Å². The lowest BCUT2D eigenvalue weighted by Gasteiger charge is -2.11. The van der Waals surface area contributed by atoms with Gasteiger partial charge in [0.2, 0.25) is 0 Å². The first-order valence-corrected chi connectivity index (χ1v) is 6.27. The van der Waals surface area contributed by atoms with E-state index in [4.69, 9.17) is 9.52 Å². The molecule has 0 atom stereocenters. The van der Waals surface area contributed by atoms with E-state index in [1.165, 1.54) is 13.0 Å². The predicted octanol–water partition coefficient (Wildman–Crippen LogP) is 2.08. The molecule has 1 aliphatic rings. The Hall–Kier alpha value is -2.89. The zero-order valence-electron chi connectivity index (χ0n) is 11.1. The number of fused-ring (bicyclic) bond motifs is 1. The summed E-state index contributed by atoms with van der Waals surface area (Å²) in [5, 5.41) is 8.98. The fraction of sp³-hybridized carbons (Fsp3) is 0.133. The average Bonchev–Trinajstić information content (AvgIpc) is 2.94. The molecule has 0 fully saturated rings. The first-order chi connectivity index (χ1) is 9.99. The molecule has 21 heavy (non-hydrogen) atoms. The second kappa shape index (κ2) is 4.59. The van der Waals surface area contributed by atoms with E-state index < -0.39 is 17.8 Å².